The fourth-order valence-corrected chi connectivity index (χ4v) is 3.32. The van der Waals surface area contributed by atoms with Crippen molar-refractivity contribution in [2.45, 2.75) is 19.6 Å². The van der Waals surface area contributed by atoms with Gasteiger partial charge in [-0.15, -0.1) is 10.2 Å². The summed E-state index contributed by atoms with van der Waals surface area (Å²) in [5.74, 6) is -0.313. The molecule has 0 radical (unpaired) electrons. The Morgan fingerprint density at radius 2 is 1.71 bits per heavy atom. The van der Waals surface area contributed by atoms with Crippen LogP contribution >= 0.6 is 0 Å². The van der Waals surface area contributed by atoms with Gasteiger partial charge in [0.1, 0.15) is 5.75 Å². The molecule has 1 atom stereocenters. The Hall–Kier alpha value is -4.53. The van der Waals surface area contributed by atoms with Crippen LogP contribution in [0.5, 0.6) is 5.75 Å². The molecule has 34 heavy (non-hydrogen) atoms. The van der Waals surface area contributed by atoms with Crippen LogP contribution in [0.2, 0.25) is 0 Å². The molecule has 1 N–H and O–H groups in total. The molecule has 0 aliphatic carbocycles. The number of nitrogens with zero attached hydrogens (tertiary/aromatic N) is 4. The van der Waals surface area contributed by atoms with Crippen molar-refractivity contribution < 1.29 is 19.1 Å². The van der Waals surface area contributed by atoms with E-state index in [1.807, 2.05) is 49.4 Å². The number of esters is 1. The van der Waals surface area contributed by atoms with Crippen LogP contribution in [0.4, 0.5) is 5.69 Å². The molecule has 0 aliphatic rings. The Morgan fingerprint density at radius 1 is 1.00 bits per heavy atom. The number of carbonyl (C=O) groups excluding carboxylic acids is 2. The lowest BCUT2D eigenvalue weighted by Crippen LogP contribution is -2.28. The molecule has 4 rings (SSSR count). The Labute approximate surface area is 196 Å². The lowest BCUT2D eigenvalue weighted by atomic mass is 10.1. The second-order valence-electron chi connectivity index (χ2n) is 7.48. The molecule has 3 aromatic carbocycles. The number of anilines is 1. The zero-order valence-electron chi connectivity index (χ0n) is 18.7. The number of rotatable bonds is 8. The first kappa shape index (κ1) is 22.7. The minimum atomic E-state index is -1.18. The molecule has 1 unspecified atom stereocenters. The highest BCUT2D eigenvalue weighted by Gasteiger charge is 2.26. The molecule has 172 valence electrons. The second kappa shape index (κ2) is 10.4. The average molecular weight is 457 g/mol. The van der Waals surface area contributed by atoms with Gasteiger partial charge in [-0.2, -0.15) is 4.80 Å². The third-order valence-electron chi connectivity index (χ3n) is 4.96. The quantitative estimate of drug-likeness (QED) is 0.403. The van der Waals surface area contributed by atoms with Crippen molar-refractivity contribution in [1.29, 1.82) is 0 Å². The highest BCUT2D eigenvalue weighted by Crippen LogP contribution is 2.28. The predicted molar refractivity (Wildman–Crippen MR) is 125 cm³/mol. The fourth-order valence-electron chi connectivity index (χ4n) is 3.32. The summed E-state index contributed by atoms with van der Waals surface area (Å²) in [5.41, 5.74) is 2.72. The largest absolute Gasteiger partial charge is 0.495 e. The molecule has 0 aliphatic heterocycles. The number of carbonyl (C=O) groups is 2. The molecule has 0 saturated heterocycles. The molecule has 0 spiro atoms. The van der Waals surface area contributed by atoms with Crippen molar-refractivity contribution in [2.24, 2.45) is 0 Å². The van der Waals surface area contributed by atoms with Gasteiger partial charge in [-0.05, 0) is 29.8 Å². The zero-order valence-corrected chi connectivity index (χ0v) is 18.7. The van der Waals surface area contributed by atoms with E-state index in [1.165, 1.54) is 7.11 Å². The summed E-state index contributed by atoms with van der Waals surface area (Å²) in [6.07, 6.45) is -1.18. The summed E-state index contributed by atoms with van der Waals surface area (Å²) in [5, 5.41) is 14.9. The number of amides is 1. The molecular weight excluding hydrogens is 434 g/mol. The van der Waals surface area contributed by atoms with Gasteiger partial charge in [0.15, 0.2) is 6.54 Å². The molecule has 0 fully saturated rings. The summed E-state index contributed by atoms with van der Waals surface area (Å²) in [6.45, 7) is 1.60. The molecule has 4 aromatic rings. The highest BCUT2D eigenvalue weighted by molar-refractivity contribution is 5.97. The van der Waals surface area contributed by atoms with Crippen LogP contribution in [-0.4, -0.2) is 39.2 Å². The number of ether oxygens (including phenoxy) is 2. The van der Waals surface area contributed by atoms with Crippen LogP contribution in [0.25, 0.3) is 11.4 Å². The standard InChI is InChI=1S/C25H23N5O4/c1-17-13-14-21(33-2)20(15-17)26-25(32)23(18-9-5-3-6-10-18)34-22(31)16-30-28-24(27-29-30)19-11-7-4-8-12-19/h3-15,23H,16H2,1-2H3,(H,26,32). The number of aromatic nitrogens is 4. The molecular formula is C25H23N5O4. The van der Waals surface area contributed by atoms with E-state index in [-0.39, 0.29) is 6.54 Å². The van der Waals surface area contributed by atoms with E-state index >= 15 is 0 Å². The maximum Gasteiger partial charge on any atom is 0.330 e. The first-order valence-electron chi connectivity index (χ1n) is 10.6. The van der Waals surface area contributed by atoms with Gasteiger partial charge in [0.25, 0.3) is 5.91 Å². The Balaban J connectivity index is 1.51. The lowest BCUT2D eigenvalue weighted by molar-refractivity contribution is -0.155. The van der Waals surface area contributed by atoms with Crippen LogP contribution in [0, 0.1) is 6.92 Å². The van der Waals surface area contributed by atoms with Crippen molar-refractivity contribution in [3.63, 3.8) is 0 Å². The zero-order chi connectivity index (χ0) is 23.9. The topological polar surface area (TPSA) is 108 Å². The molecule has 0 saturated carbocycles. The molecule has 9 nitrogen and oxygen atoms in total. The van der Waals surface area contributed by atoms with Crippen molar-refractivity contribution in [3.05, 3.63) is 90.0 Å². The molecule has 0 bridgehead atoms. The van der Waals surface area contributed by atoms with Crippen molar-refractivity contribution in [3.8, 4) is 17.1 Å². The van der Waals surface area contributed by atoms with Crippen LogP contribution in [0.3, 0.4) is 0 Å². The van der Waals surface area contributed by atoms with Gasteiger partial charge in [0.2, 0.25) is 11.9 Å². The Bertz CT molecular complexity index is 1270. The van der Waals surface area contributed by atoms with Gasteiger partial charge in [-0.25, -0.2) is 4.79 Å². The van der Waals surface area contributed by atoms with Crippen molar-refractivity contribution in [1.82, 2.24) is 20.2 Å². The second-order valence-corrected chi connectivity index (χ2v) is 7.48. The van der Waals surface area contributed by atoms with E-state index < -0.39 is 18.0 Å². The van der Waals surface area contributed by atoms with Crippen molar-refractivity contribution in [2.75, 3.05) is 12.4 Å². The van der Waals surface area contributed by atoms with E-state index in [1.54, 1.807) is 36.4 Å². The van der Waals surface area contributed by atoms with Gasteiger partial charge in [-0.3, -0.25) is 4.79 Å². The van der Waals surface area contributed by atoms with Gasteiger partial charge in [-0.1, -0.05) is 66.7 Å². The van der Waals surface area contributed by atoms with Crippen LogP contribution in [0.15, 0.2) is 78.9 Å². The van der Waals surface area contributed by atoms with Gasteiger partial charge in [0.05, 0.1) is 12.8 Å². The maximum absolute atomic E-state index is 13.2. The van der Waals surface area contributed by atoms with Crippen LogP contribution in [0.1, 0.15) is 17.2 Å². The average Bonchev–Trinajstić information content (AvgIpc) is 3.32. The third kappa shape index (κ3) is 5.44. The Kier molecular flexibility index (Phi) is 6.92. The van der Waals surface area contributed by atoms with Gasteiger partial charge in [0, 0.05) is 11.1 Å². The SMILES string of the molecule is COc1ccc(C)cc1NC(=O)C(OC(=O)Cn1nnc(-c2ccccc2)n1)c1ccccc1. The maximum atomic E-state index is 13.2. The van der Waals surface area contributed by atoms with Gasteiger partial charge >= 0.3 is 5.97 Å². The normalized spacial score (nSPS) is 11.5. The summed E-state index contributed by atoms with van der Waals surface area (Å²) in [4.78, 5) is 27.0. The van der Waals surface area contributed by atoms with Crippen LogP contribution in [-0.2, 0) is 20.9 Å². The van der Waals surface area contributed by atoms with Crippen LogP contribution < -0.4 is 10.1 Å². The summed E-state index contributed by atoms with van der Waals surface area (Å²) in [7, 11) is 1.52. The fraction of sp³-hybridized carbons (Fsp3) is 0.160. The Morgan fingerprint density at radius 3 is 2.41 bits per heavy atom. The number of nitrogens with one attached hydrogen (secondary N) is 1. The summed E-state index contributed by atoms with van der Waals surface area (Å²) in [6, 6.07) is 23.5. The van der Waals surface area contributed by atoms with E-state index in [9.17, 15) is 9.59 Å². The summed E-state index contributed by atoms with van der Waals surface area (Å²) >= 11 is 0. The number of methoxy groups -OCH3 is 1. The molecule has 1 heterocycles. The monoisotopic (exact) mass is 457 g/mol. The molecule has 1 amide bonds. The van der Waals surface area contributed by atoms with Crippen molar-refractivity contribution >= 4 is 17.6 Å². The van der Waals surface area contributed by atoms with Gasteiger partial charge < -0.3 is 14.8 Å². The van der Waals surface area contributed by atoms with E-state index in [0.29, 0.717) is 22.8 Å². The number of tetrazole rings is 1. The number of hydrogen-bond donors (Lipinski definition) is 1. The third-order valence-corrected chi connectivity index (χ3v) is 4.96. The predicted octanol–water partition coefficient (Wildman–Crippen LogP) is 3.58. The van der Waals surface area contributed by atoms with E-state index in [2.05, 4.69) is 20.7 Å². The summed E-state index contributed by atoms with van der Waals surface area (Å²) < 4.78 is 10.9. The van der Waals surface area contributed by atoms with E-state index in [4.69, 9.17) is 9.47 Å². The molecule has 9 heteroatoms. The minimum Gasteiger partial charge on any atom is -0.495 e. The number of benzene rings is 3. The smallest absolute Gasteiger partial charge is 0.330 e. The minimum absolute atomic E-state index is 0.301. The first-order valence-corrected chi connectivity index (χ1v) is 10.6. The number of aryl methyl sites for hydroxylation is 1. The number of hydrogen-bond acceptors (Lipinski definition) is 7. The first-order chi connectivity index (χ1) is 16.5. The van der Waals surface area contributed by atoms with E-state index in [0.717, 1.165) is 15.9 Å². The highest BCUT2D eigenvalue weighted by atomic mass is 16.5. The lowest BCUT2D eigenvalue weighted by Gasteiger charge is -2.19. The molecule has 1 aromatic heterocycles.